The van der Waals surface area contributed by atoms with Crippen molar-refractivity contribution in [1.29, 1.82) is 0 Å². The summed E-state index contributed by atoms with van der Waals surface area (Å²) in [5.41, 5.74) is 0.00680. The lowest BCUT2D eigenvalue weighted by atomic mass is 9.85. The van der Waals surface area contributed by atoms with Crippen molar-refractivity contribution in [3.63, 3.8) is 0 Å². The SMILES string of the molecule is CCCCCCCC[C@H]1[C@H](OC)CC(=O)[C@@H]1CCCCC(O)=C(C)C(=O)O. The van der Waals surface area contributed by atoms with Crippen LogP contribution in [0.5, 0.6) is 0 Å². The second-order valence-electron chi connectivity index (χ2n) is 7.89. The number of carboxylic acid groups (broad SMARTS) is 1. The Kier molecular flexibility index (Phi) is 11.3. The second kappa shape index (κ2) is 12.9. The van der Waals surface area contributed by atoms with E-state index in [-0.39, 0.29) is 23.4 Å². The van der Waals surface area contributed by atoms with Crippen LogP contribution >= 0.6 is 0 Å². The van der Waals surface area contributed by atoms with E-state index in [9.17, 15) is 14.7 Å². The van der Waals surface area contributed by atoms with Crippen LogP contribution in [0, 0.1) is 11.8 Å². The molecule has 0 aromatic heterocycles. The zero-order chi connectivity index (χ0) is 20.2. The van der Waals surface area contributed by atoms with Crippen LogP contribution < -0.4 is 0 Å². The molecule has 0 aliphatic heterocycles. The third kappa shape index (κ3) is 8.04. The average molecular weight is 383 g/mol. The van der Waals surface area contributed by atoms with Gasteiger partial charge in [-0.25, -0.2) is 4.79 Å². The summed E-state index contributed by atoms with van der Waals surface area (Å²) in [6.45, 7) is 3.63. The highest BCUT2D eigenvalue weighted by atomic mass is 16.5. The van der Waals surface area contributed by atoms with Crippen LogP contribution in [0.25, 0.3) is 0 Å². The fourth-order valence-corrected chi connectivity index (χ4v) is 4.15. The molecule has 5 heteroatoms. The molecule has 0 heterocycles. The number of carboxylic acids is 1. The standard InChI is InChI=1S/C22H38O5/c1-4-5-6-7-8-9-13-18-17(20(24)15-21(18)27-3)12-10-11-14-19(23)16(2)22(25)26/h17-18,21,23H,4-15H2,1-3H3,(H,25,26)/t17-,18-,21-/m1/s1. The number of hydrogen-bond acceptors (Lipinski definition) is 4. The summed E-state index contributed by atoms with van der Waals surface area (Å²) in [7, 11) is 1.70. The zero-order valence-corrected chi connectivity index (χ0v) is 17.3. The van der Waals surface area contributed by atoms with E-state index in [0.29, 0.717) is 31.0 Å². The molecule has 0 spiro atoms. The van der Waals surface area contributed by atoms with E-state index in [0.717, 1.165) is 25.7 Å². The van der Waals surface area contributed by atoms with Crippen LogP contribution in [0.1, 0.15) is 90.9 Å². The van der Waals surface area contributed by atoms with Crippen molar-refractivity contribution in [2.75, 3.05) is 7.11 Å². The zero-order valence-electron chi connectivity index (χ0n) is 17.3. The number of allylic oxidation sites excluding steroid dienone is 1. The van der Waals surface area contributed by atoms with Crippen molar-refractivity contribution in [2.45, 2.75) is 97.0 Å². The number of hydrogen-bond donors (Lipinski definition) is 2. The first-order valence-corrected chi connectivity index (χ1v) is 10.6. The molecule has 27 heavy (non-hydrogen) atoms. The van der Waals surface area contributed by atoms with Crippen LogP contribution in [0.15, 0.2) is 11.3 Å². The van der Waals surface area contributed by atoms with Gasteiger partial charge in [-0.15, -0.1) is 0 Å². The number of ether oxygens (including phenoxy) is 1. The van der Waals surface area contributed by atoms with Crippen molar-refractivity contribution < 1.29 is 24.5 Å². The van der Waals surface area contributed by atoms with Crippen LogP contribution in [0.4, 0.5) is 0 Å². The first-order valence-electron chi connectivity index (χ1n) is 10.6. The Hall–Kier alpha value is -1.36. The van der Waals surface area contributed by atoms with Gasteiger partial charge < -0.3 is 14.9 Å². The fraction of sp³-hybridized carbons (Fsp3) is 0.818. The molecular formula is C22H38O5. The normalized spacial score (nSPS) is 23.5. The number of aliphatic carboxylic acids is 1. The average Bonchev–Trinajstić information content (AvgIpc) is 2.95. The maximum atomic E-state index is 12.4. The Morgan fingerprint density at radius 1 is 1.04 bits per heavy atom. The molecule has 0 amide bonds. The minimum atomic E-state index is -1.08. The predicted molar refractivity (Wildman–Crippen MR) is 107 cm³/mol. The van der Waals surface area contributed by atoms with Crippen LogP contribution in [0.2, 0.25) is 0 Å². The molecule has 0 aromatic carbocycles. The molecular weight excluding hydrogens is 344 g/mol. The number of aliphatic hydroxyl groups is 1. The molecule has 1 aliphatic rings. The molecule has 0 saturated heterocycles. The predicted octanol–water partition coefficient (Wildman–Crippen LogP) is 5.43. The summed E-state index contributed by atoms with van der Waals surface area (Å²) in [6.07, 6.45) is 11.8. The maximum Gasteiger partial charge on any atom is 0.334 e. The van der Waals surface area contributed by atoms with Crippen LogP contribution in [-0.2, 0) is 14.3 Å². The van der Waals surface area contributed by atoms with Gasteiger partial charge in [0.15, 0.2) is 0 Å². The monoisotopic (exact) mass is 382 g/mol. The molecule has 1 saturated carbocycles. The fourth-order valence-electron chi connectivity index (χ4n) is 4.15. The largest absolute Gasteiger partial charge is 0.512 e. The first kappa shape index (κ1) is 23.7. The van der Waals surface area contributed by atoms with Crippen molar-refractivity contribution in [3.8, 4) is 0 Å². The third-order valence-corrected chi connectivity index (χ3v) is 5.94. The highest BCUT2D eigenvalue weighted by Gasteiger charge is 2.41. The summed E-state index contributed by atoms with van der Waals surface area (Å²) in [5, 5.41) is 18.7. The summed E-state index contributed by atoms with van der Waals surface area (Å²) in [6, 6.07) is 0. The highest BCUT2D eigenvalue weighted by molar-refractivity contribution is 5.86. The van der Waals surface area contributed by atoms with Gasteiger partial charge in [0.1, 0.15) is 11.5 Å². The molecule has 0 unspecified atom stereocenters. The molecule has 0 bridgehead atoms. The maximum absolute atomic E-state index is 12.4. The number of aliphatic hydroxyl groups excluding tert-OH is 1. The third-order valence-electron chi connectivity index (χ3n) is 5.94. The number of ketones is 1. The summed E-state index contributed by atoms with van der Waals surface area (Å²) in [4.78, 5) is 23.3. The number of Topliss-reactive ketones (excluding diaryl/α,β-unsaturated/α-hetero) is 1. The summed E-state index contributed by atoms with van der Waals surface area (Å²) >= 11 is 0. The molecule has 1 rings (SSSR count). The smallest absolute Gasteiger partial charge is 0.334 e. The topological polar surface area (TPSA) is 83.8 Å². The molecule has 2 N–H and O–H groups in total. The van der Waals surface area contributed by atoms with Gasteiger partial charge in [-0.1, -0.05) is 51.9 Å². The van der Waals surface area contributed by atoms with Gasteiger partial charge in [-0.05, 0) is 32.1 Å². The Balaban J connectivity index is 2.44. The Morgan fingerprint density at radius 2 is 1.67 bits per heavy atom. The first-order chi connectivity index (χ1) is 12.9. The van der Waals surface area contributed by atoms with Gasteiger partial charge in [0.2, 0.25) is 0 Å². The van der Waals surface area contributed by atoms with Gasteiger partial charge in [-0.2, -0.15) is 0 Å². The number of unbranched alkanes of at least 4 members (excludes halogenated alkanes) is 6. The van der Waals surface area contributed by atoms with E-state index in [4.69, 9.17) is 9.84 Å². The number of methoxy groups -OCH3 is 1. The van der Waals surface area contributed by atoms with E-state index in [2.05, 4.69) is 6.92 Å². The molecule has 0 radical (unpaired) electrons. The summed E-state index contributed by atoms with van der Waals surface area (Å²) in [5.74, 6) is -0.478. The number of carbonyl (C=O) groups is 2. The lowest BCUT2D eigenvalue weighted by Gasteiger charge is -2.23. The molecule has 156 valence electrons. The number of carbonyl (C=O) groups excluding carboxylic acids is 1. The Labute approximate surface area is 164 Å². The van der Waals surface area contributed by atoms with Gasteiger partial charge in [0.05, 0.1) is 11.7 Å². The van der Waals surface area contributed by atoms with E-state index in [1.165, 1.54) is 39.0 Å². The van der Waals surface area contributed by atoms with Crippen molar-refractivity contribution in [1.82, 2.24) is 0 Å². The Morgan fingerprint density at radius 3 is 2.30 bits per heavy atom. The van der Waals surface area contributed by atoms with E-state index < -0.39 is 5.97 Å². The molecule has 1 fully saturated rings. The van der Waals surface area contributed by atoms with Crippen molar-refractivity contribution >= 4 is 11.8 Å². The Bertz CT molecular complexity index is 497. The highest BCUT2D eigenvalue weighted by Crippen LogP contribution is 2.38. The van der Waals surface area contributed by atoms with Crippen LogP contribution in [0.3, 0.4) is 0 Å². The van der Waals surface area contributed by atoms with E-state index in [1.54, 1.807) is 7.11 Å². The van der Waals surface area contributed by atoms with E-state index >= 15 is 0 Å². The van der Waals surface area contributed by atoms with Gasteiger partial charge >= 0.3 is 5.97 Å². The van der Waals surface area contributed by atoms with Gasteiger partial charge in [-0.3, -0.25) is 4.79 Å². The molecule has 0 aromatic rings. The van der Waals surface area contributed by atoms with Gasteiger partial charge in [0.25, 0.3) is 0 Å². The minimum absolute atomic E-state index is 0.00680. The van der Waals surface area contributed by atoms with Crippen molar-refractivity contribution in [2.24, 2.45) is 11.8 Å². The van der Waals surface area contributed by atoms with Crippen molar-refractivity contribution in [3.05, 3.63) is 11.3 Å². The minimum Gasteiger partial charge on any atom is -0.512 e. The molecule has 3 atom stereocenters. The van der Waals surface area contributed by atoms with E-state index in [1.807, 2.05) is 0 Å². The van der Waals surface area contributed by atoms with Crippen LogP contribution in [-0.4, -0.2) is 35.2 Å². The van der Waals surface area contributed by atoms with Gasteiger partial charge in [0, 0.05) is 25.9 Å². The lowest BCUT2D eigenvalue weighted by Crippen LogP contribution is -2.22. The number of rotatable bonds is 14. The molecule has 5 nitrogen and oxygen atoms in total. The molecule has 1 aliphatic carbocycles. The quantitative estimate of drug-likeness (QED) is 0.238. The second-order valence-corrected chi connectivity index (χ2v) is 7.89. The lowest BCUT2D eigenvalue weighted by molar-refractivity contribution is -0.132. The summed E-state index contributed by atoms with van der Waals surface area (Å²) < 4.78 is 5.59.